The minimum absolute atomic E-state index is 0.832. The van der Waals surface area contributed by atoms with Crippen molar-refractivity contribution in [2.45, 2.75) is 0 Å². The Morgan fingerprint density at radius 1 is 0.314 bits per heavy atom. The maximum absolute atomic E-state index is 6.82. The number of benzene rings is 8. The smallest absolute Gasteiger partial charge is 0.147 e. The lowest BCUT2D eigenvalue weighted by Crippen LogP contribution is -2.10. The van der Waals surface area contributed by atoms with Crippen molar-refractivity contribution in [3.8, 4) is 33.4 Å². The molecule has 2 heterocycles. The summed E-state index contributed by atoms with van der Waals surface area (Å²) < 4.78 is 13.0. The van der Waals surface area contributed by atoms with Gasteiger partial charge in [-0.05, 0) is 82.4 Å². The summed E-state index contributed by atoms with van der Waals surface area (Å²) in [5.41, 5.74) is 13.5. The number of para-hydroxylation sites is 2. The first-order chi connectivity index (χ1) is 25.3. The Morgan fingerprint density at radius 2 is 0.863 bits per heavy atom. The highest BCUT2D eigenvalue weighted by atomic mass is 16.3. The fourth-order valence-corrected chi connectivity index (χ4v) is 7.42. The summed E-state index contributed by atoms with van der Waals surface area (Å²) in [6.45, 7) is 0. The Labute approximate surface area is 295 Å². The average molecular weight is 654 g/mol. The summed E-state index contributed by atoms with van der Waals surface area (Å²) in [7, 11) is 0. The molecule has 240 valence electrons. The van der Waals surface area contributed by atoms with E-state index in [1.807, 2.05) is 18.2 Å². The van der Waals surface area contributed by atoms with Crippen LogP contribution in [0.4, 0.5) is 17.1 Å². The van der Waals surface area contributed by atoms with Gasteiger partial charge in [-0.1, -0.05) is 133 Å². The quantitative estimate of drug-likeness (QED) is 0.179. The Kier molecular flexibility index (Phi) is 6.81. The zero-order valence-electron chi connectivity index (χ0n) is 27.7. The molecule has 0 unspecified atom stereocenters. The van der Waals surface area contributed by atoms with Crippen LogP contribution in [0, 0.1) is 0 Å². The SMILES string of the molecule is c1ccc(-c2ccc(N(c3ccc(-c4ccccc4)cc3)c3cccc(-c4cccc5c4oc4c5ccc5oc6ccccc6c54)c3)cc2)cc1. The van der Waals surface area contributed by atoms with Crippen LogP contribution in [0.2, 0.25) is 0 Å². The van der Waals surface area contributed by atoms with Gasteiger partial charge in [0.05, 0.1) is 5.39 Å². The molecule has 3 heteroatoms. The van der Waals surface area contributed by atoms with Gasteiger partial charge in [-0.2, -0.15) is 0 Å². The van der Waals surface area contributed by atoms with E-state index in [4.69, 9.17) is 8.83 Å². The van der Waals surface area contributed by atoms with E-state index in [0.29, 0.717) is 0 Å². The third-order valence-electron chi connectivity index (χ3n) is 9.89. The van der Waals surface area contributed by atoms with E-state index >= 15 is 0 Å². The first-order valence-electron chi connectivity index (χ1n) is 17.3. The first kappa shape index (κ1) is 29.1. The van der Waals surface area contributed by atoms with Crippen molar-refractivity contribution in [3.05, 3.63) is 188 Å². The molecule has 0 spiro atoms. The Morgan fingerprint density at radius 3 is 1.55 bits per heavy atom. The van der Waals surface area contributed by atoms with E-state index in [0.717, 1.165) is 72.1 Å². The van der Waals surface area contributed by atoms with Gasteiger partial charge in [-0.15, -0.1) is 0 Å². The van der Waals surface area contributed by atoms with E-state index in [1.165, 1.54) is 22.3 Å². The van der Waals surface area contributed by atoms with Crippen LogP contribution < -0.4 is 4.90 Å². The highest BCUT2D eigenvalue weighted by Gasteiger charge is 2.19. The number of hydrogen-bond acceptors (Lipinski definition) is 3. The third-order valence-corrected chi connectivity index (χ3v) is 9.89. The second kappa shape index (κ2) is 11.9. The topological polar surface area (TPSA) is 29.5 Å². The largest absolute Gasteiger partial charge is 0.456 e. The van der Waals surface area contributed by atoms with Gasteiger partial charge in [0, 0.05) is 38.8 Å². The number of nitrogens with zero attached hydrogens (tertiary/aromatic N) is 1. The van der Waals surface area contributed by atoms with E-state index in [2.05, 4.69) is 175 Å². The zero-order chi connectivity index (χ0) is 33.7. The maximum Gasteiger partial charge on any atom is 0.147 e. The molecule has 2 aromatic heterocycles. The van der Waals surface area contributed by atoms with Gasteiger partial charge in [0.15, 0.2) is 0 Å². The van der Waals surface area contributed by atoms with Crippen LogP contribution in [-0.4, -0.2) is 0 Å². The average Bonchev–Trinajstić information content (AvgIpc) is 3.78. The highest BCUT2D eigenvalue weighted by molar-refractivity contribution is 6.23. The summed E-state index contributed by atoms with van der Waals surface area (Å²) in [4.78, 5) is 2.33. The van der Waals surface area contributed by atoms with Gasteiger partial charge >= 0.3 is 0 Å². The monoisotopic (exact) mass is 653 g/mol. The molecule has 0 bridgehead atoms. The minimum atomic E-state index is 0.832. The van der Waals surface area contributed by atoms with E-state index in [-0.39, 0.29) is 0 Å². The van der Waals surface area contributed by atoms with Crippen molar-refractivity contribution in [3.63, 3.8) is 0 Å². The molecular weight excluding hydrogens is 623 g/mol. The minimum Gasteiger partial charge on any atom is -0.456 e. The Bertz CT molecular complexity index is 2750. The lowest BCUT2D eigenvalue weighted by atomic mass is 10.0. The molecule has 0 saturated heterocycles. The molecular formula is C48H31NO2. The van der Waals surface area contributed by atoms with Crippen LogP contribution in [0.5, 0.6) is 0 Å². The van der Waals surface area contributed by atoms with Crippen LogP contribution in [0.25, 0.3) is 77.3 Å². The fourth-order valence-electron chi connectivity index (χ4n) is 7.42. The molecule has 51 heavy (non-hydrogen) atoms. The Hall–Kier alpha value is -6.84. The molecule has 10 aromatic rings. The molecule has 3 nitrogen and oxygen atoms in total. The molecule has 0 N–H and O–H groups in total. The molecule has 0 saturated carbocycles. The summed E-state index contributed by atoms with van der Waals surface area (Å²) >= 11 is 0. The highest BCUT2D eigenvalue weighted by Crippen LogP contribution is 2.43. The lowest BCUT2D eigenvalue weighted by Gasteiger charge is -2.26. The van der Waals surface area contributed by atoms with E-state index < -0.39 is 0 Å². The van der Waals surface area contributed by atoms with Crippen molar-refractivity contribution in [1.82, 2.24) is 0 Å². The van der Waals surface area contributed by atoms with Gasteiger partial charge in [0.1, 0.15) is 22.3 Å². The predicted octanol–water partition coefficient (Wildman–Crippen LogP) is 14.0. The molecule has 0 radical (unpaired) electrons. The van der Waals surface area contributed by atoms with Crippen LogP contribution in [-0.2, 0) is 0 Å². The van der Waals surface area contributed by atoms with Crippen molar-refractivity contribution in [1.29, 1.82) is 0 Å². The number of hydrogen-bond donors (Lipinski definition) is 0. The summed E-state index contributed by atoms with van der Waals surface area (Å²) in [5, 5.41) is 4.25. The predicted molar refractivity (Wildman–Crippen MR) is 212 cm³/mol. The fraction of sp³-hybridized carbons (Fsp3) is 0. The van der Waals surface area contributed by atoms with Crippen LogP contribution in [0.1, 0.15) is 0 Å². The van der Waals surface area contributed by atoms with E-state index in [1.54, 1.807) is 0 Å². The number of furan rings is 2. The number of anilines is 3. The number of rotatable bonds is 6. The normalized spacial score (nSPS) is 11.5. The van der Waals surface area contributed by atoms with Gasteiger partial charge in [0.25, 0.3) is 0 Å². The van der Waals surface area contributed by atoms with Gasteiger partial charge in [0.2, 0.25) is 0 Å². The van der Waals surface area contributed by atoms with Crippen molar-refractivity contribution < 1.29 is 8.83 Å². The van der Waals surface area contributed by atoms with Gasteiger partial charge in [-0.25, -0.2) is 0 Å². The van der Waals surface area contributed by atoms with Gasteiger partial charge in [-0.3, -0.25) is 0 Å². The second-order valence-corrected chi connectivity index (χ2v) is 12.9. The molecule has 0 aliphatic carbocycles. The van der Waals surface area contributed by atoms with Crippen LogP contribution in [0.15, 0.2) is 197 Å². The standard InChI is InChI=1S/C48H31NO2/c1-3-11-32(12-4-1)34-21-25-37(26-22-34)49(38-27-23-35(24-28-38)33-13-5-2-6-14-33)39-16-9-15-36(31-39)40-18-10-19-41-42-29-30-45-46(48(42)51-47(40)41)43-17-7-8-20-44(43)50-45/h1-31H. The van der Waals surface area contributed by atoms with E-state index in [9.17, 15) is 0 Å². The van der Waals surface area contributed by atoms with Crippen molar-refractivity contribution in [2.24, 2.45) is 0 Å². The van der Waals surface area contributed by atoms with Crippen LogP contribution in [0.3, 0.4) is 0 Å². The third kappa shape index (κ3) is 4.98. The number of fused-ring (bicyclic) bond motifs is 7. The summed E-state index contributed by atoms with van der Waals surface area (Å²) in [6, 6.07) is 66.2. The molecule has 10 rings (SSSR count). The Balaban J connectivity index is 1.11. The lowest BCUT2D eigenvalue weighted by molar-refractivity contribution is 0.663. The zero-order valence-corrected chi connectivity index (χ0v) is 27.7. The molecule has 0 amide bonds. The molecule has 0 fully saturated rings. The van der Waals surface area contributed by atoms with Crippen LogP contribution >= 0.6 is 0 Å². The molecule has 0 atom stereocenters. The molecule has 0 aliphatic heterocycles. The second-order valence-electron chi connectivity index (χ2n) is 12.9. The van der Waals surface area contributed by atoms with Crippen molar-refractivity contribution >= 4 is 60.9 Å². The summed E-state index contributed by atoms with van der Waals surface area (Å²) in [5.74, 6) is 0. The van der Waals surface area contributed by atoms with Gasteiger partial charge < -0.3 is 13.7 Å². The van der Waals surface area contributed by atoms with Crippen molar-refractivity contribution in [2.75, 3.05) is 4.90 Å². The maximum atomic E-state index is 6.82. The molecule has 0 aliphatic rings. The molecule has 8 aromatic carbocycles. The summed E-state index contributed by atoms with van der Waals surface area (Å²) in [6.07, 6.45) is 0. The first-order valence-corrected chi connectivity index (χ1v) is 17.3.